The number of hydrogen-bond acceptors (Lipinski definition) is 6. The van der Waals surface area contributed by atoms with Crippen LogP contribution in [0.2, 0.25) is 0 Å². The Balaban J connectivity index is 0.00000304. The summed E-state index contributed by atoms with van der Waals surface area (Å²) in [4.78, 5) is 36.0. The summed E-state index contributed by atoms with van der Waals surface area (Å²) in [5.41, 5.74) is 2.90. The van der Waals surface area contributed by atoms with Crippen LogP contribution in [0.3, 0.4) is 0 Å². The summed E-state index contributed by atoms with van der Waals surface area (Å²) in [5.74, 6) is 0.637. The van der Waals surface area contributed by atoms with Crippen molar-refractivity contribution < 1.29 is 21.8 Å². The monoisotopic (exact) mass is 539 g/mol. The number of aromatic nitrogens is 2. The number of thioether (sulfide) groups is 1. The lowest BCUT2D eigenvalue weighted by Crippen LogP contribution is -3.00. The van der Waals surface area contributed by atoms with Gasteiger partial charge in [0.15, 0.2) is 0 Å². The van der Waals surface area contributed by atoms with Crippen molar-refractivity contribution in [3.05, 3.63) is 79.8 Å². The Hall–Kier alpha value is -3.14. The van der Waals surface area contributed by atoms with Crippen molar-refractivity contribution in [3.63, 3.8) is 0 Å². The van der Waals surface area contributed by atoms with E-state index >= 15 is 0 Å². The molecule has 0 unspecified atom stereocenters. The Morgan fingerprint density at radius 2 is 1.75 bits per heavy atom. The third kappa shape index (κ3) is 4.31. The quantitative estimate of drug-likeness (QED) is 0.418. The number of pyridine rings is 1. The number of rotatable bonds is 3. The van der Waals surface area contributed by atoms with E-state index in [9.17, 15) is 9.59 Å². The Morgan fingerprint density at radius 1 is 1.00 bits per heavy atom. The number of aryl methyl sites for hydroxylation is 1. The third-order valence-electron chi connectivity index (χ3n) is 6.12. The second-order valence-corrected chi connectivity index (χ2v) is 10.1. The number of carbonyl (C=O) groups is 1. The average molecular weight is 540 g/mol. The number of thiazole rings is 1. The summed E-state index contributed by atoms with van der Waals surface area (Å²) in [7, 11) is 3.89. The normalized spacial score (nSPS) is 19.1. The highest BCUT2D eigenvalue weighted by atomic mass is 35.5. The standard InChI is InChI=1S/C26H26N5O2S2.ClH/c1-5-30-23(32)21(19-15-14-17-11-7-8-12-18(17)29(19)4)34-25(30)22-24(33)31(6-2)26(35-22)27-20-13-9-10-16-28(20)3;/h7-16H,5-6H2,1-4H3;1H/q+1;/p-1/b21-19-,25-22-;. The lowest BCUT2D eigenvalue weighted by atomic mass is 10.1. The van der Waals surface area contributed by atoms with Crippen LogP contribution >= 0.6 is 23.1 Å². The zero-order chi connectivity index (χ0) is 24.7. The summed E-state index contributed by atoms with van der Waals surface area (Å²) in [6, 6.07) is 13.9. The zero-order valence-electron chi connectivity index (χ0n) is 20.4. The van der Waals surface area contributed by atoms with Crippen LogP contribution in [-0.2, 0) is 18.4 Å². The highest BCUT2D eigenvalue weighted by molar-refractivity contribution is 8.23. The molecule has 1 fully saturated rings. The molecular weight excluding hydrogens is 514 g/mol. The molecule has 4 heterocycles. The van der Waals surface area contributed by atoms with Gasteiger partial charge in [-0.1, -0.05) is 30.3 Å². The molecule has 2 aromatic heterocycles. The SMILES string of the molecule is CCN1C(=O)/C(=c2/s/c(=C3/C=Cc4ccccc4N3C)c(=O)n2CC)S/C1=N\c1cccc[n+]1C.[Cl-]. The number of amidine groups is 1. The highest BCUT2D eigenvalue weighted by Gasteiger charge is 2.38. The van der Waals surface area contributed by atoms with Gasteiger partial charge in [0.05, 0.1) is 18.9 Å². The molecule has 0 aliphatic carbocycles. The second kappa shape index (κ2) is 10.5. The van der Waals surface area contributed by atoms with Crippen LogP contribution < -0.4 is 36.6 Å². The minimum absolute atomic E-state index is 0. The number of aliphatic imine (C=N–C) groups is 1. The first kappa shape index (κ1) is 25.9. The van der Waals surface area contributed by atoms with Crippen molar-refractivity contribution in [1.82, 2.24) is 9.47 Å². The number of hydrogen-bond donors (Lipinski definition) is 0. The first-order valence-corrected chi connectivity index (χ1v) is 13.1. The van der Waals surface area contributed by atoms with E-state index in [1.54, 1.807) is 9.47 Å². The minimum Gasteiger partial charge on any atom is -1.00 e. The Labute approximate surface area is 223 Å². The molecule has 2 aliphatic heterocycles. The number of amides is 1. The molecule has 3 aromatic rings. The van der Waals surface area contributed by atoms with Gasteiger partial charge in [-0.25, -0.2) is 4.57 Å². The molecule has 1 aromatic carbocycles. The molecule has 5 rings (SSSR count). The summed E-state index contributed by atoms with van der Waals surface area (Å²) in [6.07, 6.45) is 5.94. The fourth-order valence-electron chi connectivity index (χ4n) is 4.23. The van der Waals surface area contributed by atoms with Crippen LogP contribution in [0.15, 0.2) is 64.5 Å². The van der Waals surface area contributed by atoms with Gasteiger partial charge >= 0.3 is 5.82 Å². The van der Waals surface area contributed by atoms with Crippen LogP contribution in [0, 0.1) is 0 Å². The maximum absolute atomic E-state index is 13.5. The molecular formula is C26H26ClN5O2S2. The number of benzene rings is 1. The van der Waals surface area contributed by atoms with Crippen molar-refractivity contribution in [2.75, 3.05) is 18.5 Å². The van der Waals surface area contributed by atoms with E-state index in [4.69, 9.17) is 4.99 Å². The van der Waals surface area contributed by atoms with E-state index in [0.29, 0.717) is 32.4 Å². The Kier molecular flexibility index (Phi) is 7.54. The number of para-hydroxylation sites is 1. The zero-order valence-corrected chi connectivity index (χ0v) is 22.8. The Bertz CT molecular complexity index is 1590. The molecule has 7 nitrogen and oxygen atoms in total. The van der Waals surface area contributed by atoms with Crippen molar-refractivity contribution in [2.45, 2.75) is 20.4 Å². The number of halogens is 1. The van der Waals surface area contributed by atoms with Crippen molar-refractivity contribution in [2.24, 2.45) is 12.0 Å². The number of nitrogens with zero attached hydrogens (tertiary/aromatic N) is 5. The highest BCUT2D eigenvalue weighted by Crippen LogP contribution is 2.33. The van der Waals surface area contributed by atoms with Gasteiger partial charge in [-0.3, -0.25) is 19.1 Å². The molecule has 0 atom stereocenters. The molecule has 0 spiro atoms. The van der Waals surface area contributed by atoms with E-state index in [0.717, 1.165) is 22.8 Å². The molecule has 186 valence electrons. The summed E-state index contributed by atoms with van der Waals surface area (Å²) < 4.78 is 4.92. The molecule has 1 amide bonds. The number of carbonyl (C=O) groups excluding carboxylic acids is 1. The van der Waals surface area contributed by atoms with Crippen LogP contribution in [0.1, 0.15) is 19.4 Å². The van der Waals surface area contributed by atoms with Crippen LogP contribution in [0.5, 0.6) is 0 Å². The van der Waals surface area contributed by atoms with Gasteiger partial charge in [0.25, 0.3) is 16.6 Å². The van der Waals surface area contributed by atoms with Crippen molar-refractivity contribution in [1.29, 1.82) is 0 Å². The van der Waals surface area contributed by atoms with Gasteiger partial charge in [0.2, 0.25) is 0 Å². The summed E-state index contributed by atoms with van der Waals surface area (Å²) in [5, 5.41) is 0.621. The number of anilines is 1. The summed E-state index contributed by atoms with van der Waals surface area (Å²) in [6.45, 7) is 4.84. The van der Waals surface area contributed by atoms with Crippen molar-refractivity contribution in [3.8, 4) is 0 Å². The maximum Gasteiger partial charge on any atom is 0.326 e. The van der Waals surface area contributed by atoms with Gasteiger partial charge in [-0.15, -0.1) is 11.3 Å². The first-order chi connectivity index (χ1) is 16.9. The van der Waals surface area contributed by atoms with Crippen LogP contribution in [-0.4, -0.2) is 34.1 Å². The smallest absolute Gasteiger partial charge is 0.326 e. The van der Waals surface area contributed by atoms with Gasteiger partial charge in [-0.2, -0.15) is 0 Å². The van der Waals surface area contributed by atoms with Gasteiger partial charge in [0, 0.05) is 31.9 Å². The molecule has 1 saturated heterocycles. The van der Waals surface area contributed by atoms with Gasteiger partial charge < -0.3 is 17.3 Å². The van der Waals surface area contributed by atoms with E-state index in [1.165, 1.54) is 23.1 Å². The first-order valence-electron chi connectivity index (χ1n) is 11.5. The lowest BCUT2D eigenvalue weighted by Gasteiger charge is -2.25. The van der Waals surface area contributed by atoms with E-state index in [-0.39, 0.29) is 23.9 Å². The molecule has 0 saturated carbocycles. The maximum atomic E-state index is 13.5. The molecule has 0 N–H and O–H groups in total. The van der Waals surface area contributed by atoms with E-state index < -0.39 is 0 Å². The topological polar surface area (TPSA) is 61.8 Å². The molecule has 0 radical (unpaired) electrons. The van der Waals surface area contributed by atoms with E-state index in [1.807, 2.05) is 92.2 Å². The predicted molar refractivity (Wildman–Crippen MR) is 144 cm³/mol. The van der Waals surface area contributed by atoms with Gasteiger partial charge in [-0.05, 0) is 54.4 Å². The molecule has 2 aliphatic rings. The molecule has 10 heteroatoms. The van der Waals surface area contributed by atoms with Crippen molar-refractivity contribution >= 4 is 62.4 Å². The fourth-order valence-corrected chi connectivity index (χ4v) is 6.72. The van der Waals surface area contributed by atoms with Crippen LogP contribution in [0.25, 0.3) is 16.7 Å². The largest absolute Gasteiger partial charge is 1.00 e. The molecule has 0 bridgehead atoms. The number of fused-ring (bicyclic) bond motifs is 1. The minimum atomic E-state index is -0.118. The second-order valence-electron chi connectivity index (χ2n) is 8.17. The average Bonchev–Trinajstić information content (AvgIpc) is 3.36. The van der Waals surface area contributed by atoms with E-state index in [2.05, 4.69) is 6.07 Å². The predicted octanol–water partition coefficient (Wildman–Crippen LogP) is -0.579. The molecule has 36 heavy (non-hydrogen) atoms. The summed E-state index contributed by atoms with van der Waals surface area (Å²) >= 11 is 2.71. The van der Waals surface area contributed by atoms with Gasteiger partial charge in [0.1, 0.15) is 14.1 Å². The number of likely N-dealkylation sites (N-methyl/N-ethyl adjacent to an activating group) is 1. The third-order valence-corrected chi connectivity index (χ3v) is 8.53. The fraction of sp³-hybridized carbons (Fsp3) is 0.231. The Morgan fingerprint density at radius 3 is 2.47 bits per heavy atom. The van der Waals surface area contributed by atoms with Crippen LogP contribution in [0.4, 0.5) is 11.5 Å². The lowest BCUT2D eigenvalue weighted by molar-refractivity contribution is -0.658.